The number of ether oxygens (including phenoxy) is 2. The molecule has 2 aliphatic rings. The van der Waals surface area contributed by atoms with Crippen LogP contribution in [0.2, 0.25) is 15.1 Å². The molecule has 2 heterocycles. The van der Waals surface area contributed by atoms with Crippen LogP contribution < -0.4 is 15.4 Å². The Morgan fingerprint density at radius 1 is 0.838 bits per heavy atom. The maximum atomic E-state index is 13.2. The van der Waals surface area contributed by atoms with Gasteiger partial charge in [0, 0.05) is 54.2 Å². The molecule has 0 saturated heterocycles. The zero-order valence-electron chi connectivity index (χ0n) is 40.1. The van der Waals surface area contributed by atoms with Crippen LogP contribution in [0.25, 0.3) is 11.3 Å². The molecule has 368 valence electrons. The van der Waals surface area contributed by atoms with Gasteiger partial charge in [0.15, 0.2) is 0 Å². The quantitative estimate of drug-likeness (QED) is 0.0346. The molecule has 2 aromatic carbocycles. The maximum Gasteiger partial charge on any atom is 0.271 e. The number of carbonyl (C=O) groups excluding carboxylic acids is 2. The fraction of sp³-hybridized carbons (Fsp3) is 0.519. The zero-order chi connectivity index (χ0) is 48.3. The number of carbonyl (C=O) groups is 2. The number of hydrogen-bond acceptors (Lipinski definition) is 8. The fourth-order valence-corrected chi connectivity index (χ4v) is 9.48. The highest BCUT2D eigenvalue weighted by atomic mass is 35.5. The lowest BCUT2D eigenvalue weighted by molar-refractivity contribution is -0.121. The summed E-state index contributed by atoms with van der Waals surface area (Å²) >= 11 is 19.9. The highest BCUT2D eigenvalue weighted by Crippen LogP contribution is 2.53. The van der Waals surface area contributed by atoms with Gasteiger partial charge in [-0.15, -0.1) is 0 Å². The van der Waals surface area contributed by atoms with Gasteiger partial charge in [0.1, 0.15) is 29.5 Å². The molecule has 6 rings (SSSR count). The highest BCUT2D eigenvalue weighted by molar-refractivity contribution is 6.39. The van der Waals surface area contributed by atoms with Gasteiger partial charge in [-0.3, -0.25) is 14.3 Å². The monoisotopic (exact) mass is 989 g/mol. The number of benzene rings is 2. The van der Waals surface area contributed by atoms with Crippen LogP contribution in [0, 0.1) is 0 Å². The minimum absolute atomic E-state index is 0.00121. The Kier molecular flexibility index (Phi) is 21.1. The van der Waals surface area contributed by atoms with Crippen molar-refractivity contribution in [2.75, 3.05) is 26.3 Å². The molecule has 14 heteroatoms. The second-order valence-corrected chi connectivity index (χ2v) is 19.5. The van der Waals surface area contributed by atoms with Crippen LogP contribution in [-0.2, 0) is 21.7 Å². The molecule has 2 saturated carbocycles. The normalized spacial score (nSPS) is 17.2. The third-order valence-electron chi connectivity index (χ3n) is 12.5. The topological polar surface area (TPSA) is 141 Å². The van der Waals surface area contributed by atoms with Crippen LogP contribution in [-0.4, -0.2) is 58.2 Å². The molecule has 68 heavy (non-hydrogen) atoms. The second-order valence-electron chi connectivity index (χ2n) is 18.3. The van der Waals surface area contributed by atoms with E-state index in [1.165, 1.54) is 38.5 Å². The van der Waals surface area contributed by atoms with Crippen LogP contribution in [0.5, 0.6) is 5.75 Å². The fourth-order valence-electron chi connectivity index (χ4n) is 8.56. The van der Waals surface area contributed by atoms with Crippen molar-refractivity contribution in [1.29, 1.82) is 0 Å². The molecule has 3 N–H and O–H groups in total. The summed E-state index contributed by atoms with van der Waals surface area (Å²) in [6.45, 7) is 7.75. The van der Waals surface area contributed by atoms with Crippen molar-refractivity contribution in [3.8, 4) is 17.0 Å². The highest BCUT2D eigenvalue weighted by Gasteiger charge is 2.47. The van der Waals surface area contributed by atoms with Crippen LogP contribution >= 0.6 is 34.8 Å². The van der Waals surface area contributed by atoms with Crippen LogP contribution in [0.3, 0.4) is 0 Å². The first-order chi connectivity index (χ1) is 33.0. The lowest BCUT2D eigenvalue weighted by atomic mass is 9.66. The lowest BCUT2D eigenvalue weighted by Gasteiger charge is -2.44. The third-order valence-corrected chi connectivity index (χ3v) is 13.4. The van der Waals surface area contributed by atoms with E-state index < -0.39 is 5.60 Å². The first-order valence-electron chi connectivity index (χ1n) is 24.7. The Labute approximate surface area is 418 Å². The molecular formula is C54H70Cl3N5O6. The summed E-state index contributed by atoms with van der Waals surface area (Å²) in [7, 11) is 0. The average Bonchev–Trinajstić information content (AvgIpc) is 3.91. The number of aromatic nitrogens is 3. The minimum atomic E-state index is -1.16. The SMILES string of the molecule is CC/C=C\CCCC/C=C\CCCC/C=C\CCCC(=O)NCCOCCNC(=O)c1cc(C2CC(O)(c3ccc(OCc4c(-c5c(Cl)cccc5Cl)noc4C4CC4)cc3Cl)C2)n(C(C)C)n1. The van der Waals surface area contributed by atoms with Gasteiger partial charge in [-0.25, -0.2) is 0 Å². The lowest BCUT2D eigenvalue weighted by Crippen LogP contribution is -2.41. The molecule has 0 spiro atoms. The Morgan fingerprint density at radius 2 is 1.46 bits per heavy atom. The number of hydrogen-bond donors (Lipinski definition) is 3. The zero-order valence-corrected chi connectivity index (χ0v) is 42.3. The van der Waals surface area contributed by atoms with Gasteiger partial charge in [-0.2, -0.15) is 5.10 Å². The van der Waals surface area contributed by atoms with Crippen molar-refractivity contribution < 1.29 is 28.7 Å². The second kappa shape index (κ2) is 27.1. The van der Waals surface area contributed by atoms with Crippen molar-refractivity contribution in [1.82, 2.24) is 25.6 Å². The molecule has 2 aliphatic carbocycles. The van der Waals surface area contributed by atoms with Gasteiger partial charge in [0.05, 0.1) is 39.4 Å². The molecule has 11 nitrogen and oxygen atoms in total. The van der Waals surface area contributed by atoms with Gasteiger partial charge in [-0.05, 0) is 140 Å². The molecule has 2 fully saturated rings. The Bertz CT molecular complexity index is 2310. The molecule has 0 aliphatic heterocycles. The standard InChI is InChI=1S/C54H70Cl3N5O6/c1-4-5-6-7-8-9-10-11-12-13-14-15-16-17-18-19-20-24-49(63)58-29-31-66-32-30-59-53(64)47-34-48(62(60-47)38(2)3)40-35-54(65,36-40)43-28-27-41(33-46(43)57)67-37-42-51(61-68-52(42)39-25-26-39)50-44(55)22-21-23-45(50)56/h5-6,11-12,17-18,21-23,27-28,33-34,38-40,65H,4,7-10,13-16,19-20,24-26,29-32,35-37H2,1-3H3,(H,58,63)(H,59,64)/b6-5-,12-11-,18-17-. The first-order valence-corrected chi connectivity index (χ1v) is 25.9. The number of aliphatic hydroxyl groups is 1. The predicted molar refractivity (Wildman–Crippen MR) is 273 cm³/mol. The Morgan fingerprint density at radius 3 is 2.06 bits per heavy atom. The molecule has 2 amide bonds. The van der Waals surface area contributed by atoms with Gasteiger partial charge >= 0.3 is 0 Å². The molecule has 4 aromatic rings. The molecule has 0 bridgehead atoms. The van der Waals surface area contributed by atoms with E-state index in [9.17, 15) is 14.7 Å². The van der Waals surface area contributed by atoms with E-state index in [4.69, 9.17) is 48.8 Å². The first kappa shape index (κ1) is 53.0. The summed E-state index contributed by atoms with van der Waals surface area (Å²) in [5, 5.41) is 27.9. The van der Waals surface area contributed by atoms with E-state index in [0.29, 0.717) is 88.9 Å². The Balaban J connectivity index is 0.852. The molecule has 0 atom stereocenters. The molecule has 0 unspecified atom stereocenters. The molecular weight excluding hydrogens is 921 g/mol. The smallest absolute Gasteiger partial charge is 0.271 e. The largest absolute Gasteiger partial charge is 0.489 e. The summed E-state index contributed by atoms with van der Waals surface area (Å²) in [5.74, 6) is 1.28. The summed E-state index contributed by atoms with van der Waals surface area (Å²) in [4.78, 5) is 25.4. The van der Waals surface area contributed by atoms with E-state index in [1.807, 2.05) is 30.7 Å². The van der Waals surface area contributed by atoms with Crippen LogP contribution in [0.15, 0.2) is 83.4 Å². The van der Waals surface area contributed by atoms with E-state index >= 15 is 0 Å². The van der Waals surface area contributed by atoms with Crippen molar-refractivity contribution in [3.05, 3.63) is 122 Å². The molecule has 0 radical (unpaired) electrons. The third kappa shape index (κ3) is 15.6. The average molecular weight is 992 g/mol. The number of nitrogens with zero attached hydrogens (tertiary/aromatic N) is 3. The predicted octanol–water partition coefficient (Wildman–Crippen LogP) is 13.5. The summed E-state index contributed by atoms with van der Waals surface area (Å²) < 4.78 is 19.6. The van der Waals surface area contributed by atoms with E-state index in [1.54, 1.807) is 30.3 Å². The van der Waals surface area contributed by atoms with E-state index in [0.717, 1.165) is 62.0 Å². The van der Waals surface area contributed by atoms with E-state index in [-0.39, 0.29) is 36.3 Å². The number of amides is 2. The number of unbranched alkanes of at least 4 members (excludes halogenated alkanes) is 7. The van der Waals surface area contributed by atoms with Gasteiger partial charge < -0.3 is 29.7 Å². The van der Waals surface area contributed by atoms with Crippen LogP contribution in [0.4, 0.5) is 0 Å². The van der Waals surface area contributed by atoms with Crippen molar-refractivity contribution in [2.24, 2.45) is 0 Å². The number of allylic oxidation sites excluding steroid dienone is 6. The minimum Gasteiger partial charge on any atom is -0.489 e. The van der Waals surface area contributed by atoms with Crippen molar-refractivity contribution >= 4 is 46.6 Å². The van der Waals surface area contributed by atoms with Gasteiger partial charge in [-0.1, -0.05) is 95.5 Å². The Hall–Kier alpha value is -4.39. The van der Waals surface area contributed by atoms with E-state index in [2.05, 4.69) is 64.3 Å². The van der Waals surface area contributed by atoms with Gasteiger partial charge in [0.25, 0.3) is 5.91 Å². The molecule has 2 aromatic heterocycles. The maximum absolute atomic E-state index is 13.2. The van der Waals surface area contributed by atoms with Crippen molar-refractivity contribution in [2.45, 2.75) is 154 Å². The van der Waals surface area contributed by atoms with Gasteiger partial charge in [0.2, 0.25) is 5.91 Å². The number of rotatable bonds is 30. The van der Waals surface area contributed by atoms with Crippen LogP contribution in [0.1, 0.15) is 174 Å². The number of halogens is 3. The number of nitrogens with one attached hydrogen (secondary N) is 2. The summed E-state index contributed by atoms with van der Waals surface area (Å²) in [6.07, 6.45) is 29.4. The summed E-state index contributed by atoms with van der Waals surface area (Å²) in [6, 6.07) is 12.5. The summed E-state index contributed by atoms with van der Waals surface area (Å²) in [5.41, 5.74) is 2.61. The van der Waals surface area contributed by atoms with Crippen molar-refractivity contribution in [3.63, 3.8) is 0 Å².